The van der Waals surface area contributed by atoms with Crippen molar-refractivity contribution in [1.29, 1.82) is 0 Å². The number of pyridine rings is 1. The summed E-state index contributed by atoms with van der Waals surface area (Å²) in [6, 6.07) is 3.62. The monoisotopic (exact) mass is 245 g/mol. The third-order valence-corrected chi connectivity index (χ3v) is 2.45. The number of ether oxygens (including phenoxy) is 1. The molecule has 3 N–H and O–H groups in total. The van der Waals surface area contributed by atoms with E-state index >= 15 is 0 Å². The standard InChI is InChI=1S/C12H15N5O/c1-3-10-15-11(17-13)8(2)12(16-10)18-9-5-4-6-14-7-9/h4-7H,3,13H2,1-2H3,(H,15,16,17). The number of nitrogens with one attached hydrogen (secondary N) is 1. The zero-order valence-corrected chi connectivity index (χ0v) is 10.3. The van der Waals surface area contributed by atoms with E-state index < -0.39 is 0 Å². The fraction of sp³-hybridized carbons (Fsp3) is 0.250. The first-order valence-corrected chi connectivity index (χ1v) is 5.66. The second-order valence-corrected chi connectivity index (χ2v) is 3.71. The number of hydrogen-bond acceptors (Lipinski definition) is 6. The maximum Gasteiger partial charge on any atom is 0.227 e. The van der Waals surface area contributed by atoms with Gasteiger partial charge in [-0.05, 0) is 19.1 Å². The van der Waals surface area contributed by atoms with Gasteiger partial charge in [0.25, 0.3) is 0 Å². The predicted octanol–water partition coefficient (Wildman–Crippen LogP) is 1.82. The molecular formula is C12H15N5O. The molecule has 94 valence electrons. The number of aromatic nitrogens is 3. The van der Waals surface area contributed by atoms with E-state index in [2.05, 4.69) is 20.4 Å². The van der Waals surface area contributed by atoms with Crippen molar-refractivity contribution >= 4 is 5.82 Å². The number of nitrogen functional groups attached to an aromatic ring is 1. The molecule has 0 spiro atoms. The topological polar surface area (TPSA) is 86.0 Å². The van der Waals surface area contributed by atoms with Crippen LogP contribution in [0.1, 0.15) is 18.3 Å². The molecule has 6 nitrogen and oxygen atoms in total. The van der Waals surface area contributed by atoms with E-state index in [0.29, 0.717) is 29.7 Å². The van der Waals surface area contributed by atoms with Crippen LogP contribution in [0.4, 0.5) is 5.82 Å². The number of rotatable bonds is 4. The molecule has 0 aliphatic rings. The molecule has 0 aromatic carbocycles. The molecule has 6 heteroatoms. The lowest BCUT2D eigenvalue weighted by molar-refractivity contribution is 0.453. The lowest BCUT2D eigenvalue weighted by atomic mass is 10.3. The molecule has 0 unspecified atom stereocenters. The summed E-state index contributed by atoms with van der Waals surface area (Å²) in [7, 11) is 0. The Morgan fingerprint density at radius 2 is 2.22 bits per heavy atom. The van der Waals surface area contributed by atoms with Gasteiger partial charge < -0.3 is 10.2 Å². The van der Waals surface area contributed by atoms with Gasteiger partial charge in [-0.3, -0.25) is 4.98 Å². The van der Waals surface area contributed by atoms with Gasteiger partial charge in [0.15, 0.2) is 0 Å². The highest BCUT2D eigenvalue weighted by Crippen LogP contribution is 2.26. The highest BCUT2D eigenvalue weighted by atomic mass is 16.5. The zero-order chi connectivity index (χ0) is 13.0. The van der Waals surface area contributed by atoms with Crippen molar-refractivity contribution in [1.82, 2.24) is 15.0 Å². The molecule has 0 bridgehead atoms. The van der Waals surface area contributed by atoms with Gasteiger partial charge in [-0.2, -0.15) is 4.98 Å². The van der Waals surface area contributed by atoms with Gasteiger partial charge in [-0.15, -0.1) is 0 Å². The van der Waals surface area contributed by atoms with Crippen molar-refractivity contribution in [3.63, 3.8) is 0 Å². The number of anilines is 1. The molecular weight excluding hydrogens is 230 g/mol. The third-order valence-electron chi connectivity index (χ3n) is 2.45. The fourth-order valence-electron chi connectivity index (χ4n) is 1.46. The number of nitrogens with zero attached hydrogens (tertiary/aromatic N) is 3. The van der Waals surface area contributed by atoms with Crippen LogP contribution in [0.5, 0.6) is 11.6 Å². The Morgan fingerprint density at radius 1 is 1.39 bits per heavy atom. The average Bonchev–Trinajstić information content (AvgIpc) is 2.42. The van der Waals surface area contributed by atoms with Crippen LogP contribution in [0.3, 0.4) is 0 Å². The minimum absolute atomic E-state index is 0.489. The van der Waals surface area contributed by atoms with Crippen LogP contribution in [-0.4, -0.2) is 15.0 Å². The van der Waals surface area contributed by atoms with E-state index in [-0.39, 0.29) is 0 Å². The number of hydrazine groups is 1. The summed E-state index contributed by atoms with van der Waals surface area (Å²) in [6.45, 7) is 3.82. The quantitative estimate of drug-likeness (QED) is 0.631. The number of nitrogens with two attached hydrogens (primary N) is 1. The molecule has 0 atom stereocenters. The summed E-state index contributed by atoms with van der Waals surface area (Å²) < 4.78 is 5.68. The van der Waals surface area contributed by atoms with Crippen LogP contribution in [-0.2, 0) is 6.42 Å². The van der Waals surface area contributed by atoms with Crippen LogP contribution in [0.25, 0.3) is 0 Å². The molecule has 18 heavy (non-hydrogen) atoms. The zero-order valence-electron chi connectivity index (χ0n) is 10.3. The molecule has 0 amide bonds. The van der Waals surface area contributed by atoms with E-state index in [1.165, 1.54) is 0 Å². The Balaban J connectivity index is 2.37. The summed E-state index contributed by atoms with van der Waals surface area (Å²) in [6.07, 6.45) is 4.02. The SMILES string of the molecule is CCc1nc(NN)c(C)c(Oc2cccnc2)n1. The first kappa shape index (κ1) is 12.3. The maximum atomic E-state index is 5.68. The molecule has 0 aliphatic heterocycles. The molecule has 2 heterocycles. The Bertz CT molecular complexity index is 529. The van der Waals surface area contributed by atoms with Gasteiger partial charge in [0.2, 0.25) is 5.88 Å². The van der Waals surface area contributed by atoms with Crippen LogP contribution in [0.2, 0.25) is 0 Å². The maximum absolute atomic E-state index is 5.68. The van der Waals surface area contributed by atoms with Gasteiger partial charge in [-0.1, -0.05) is 6.92 Å². The van der Waals surface area contributed by atoms with E-state index in [9.17, 15) is 0 Å². The van der Waals surface area contributed by atoms with E-state index in [0.717, 1.165) is 5.56 Å². The summed E-state index contributed by atoms with van der Waals surface area (Å²) in [5, 5.41) is 0. The molecule has 2 rings (SSSR count). The summed E-state index contributed by atoms with van der Waals surface area (Å²) in [5.41, 5.74) is 3.31. The Labute approximate surface area is 105 Å². The van der Waals surface area contributed by atoms with Crippen molar-refractivity contribution < 1.29 is 4.74 Å². The Morgan fingerprint density at radius 3 is 2.83 bits per heavy atom. The van der Waals surface area contributed by atoms with Gasteiger partial charge >= 0.3 is 0 Å². The summed E-state index contributed by atoms with van der Waals surface area (Å²) >= 11 is 0. The normalized spacial score (nSPS) is 10.2. The van der Waals surface area contributed by atoms with Crippen molar-refractivity contribution in [2.24, 2.45) is 5.84 Å². The van der Waals surface area contributed by atoms with Crippen molar-refractivity contribution in [2.45, 2.75) is 20.3 Å². The molecule has 0 saturated heterocycles. The molecule has 2 aromatic heterocycles. The van der Waals surface area contributed by atoms with E-state index in [4.69, 9.17) is 10.6 Å². The molecule has 0 fully saturated rings. The average molecular weight is 245 g/mol. The van der Waals surface area contributed by atoms with Crippen molar-refractivity contribution in [2.75, 3.05) is 5.43 Å². The fourth-order valence-corrected chi connectivity index (χ4v) is 1.46. The Kier molecular flexibility index (Phi) is 3.69. The van der Waals surface area contributed by atoms with Crippen LogP contribution in [0, 0.1) is 6.92 Å². The first-order chi connectivity index (χ1) is 8.74. The van der Waals surface area contributed by atoms with Crippen LogP contribution < -0.4 is 16.0 Å². The van der Waals surface area contributed by atoms with E-state index in [1.807, 2.05) is 19.9 Å². The Hall–Kier alpha value is -2.21. The second kappa shape index (κ2) is 5.42. The third kappa shape index (κ3) is 2.54. The molecule has 2 aromatic rings. The smallest absolute Gasteiger partial charge is 0.227 e. The van der Waals surface area contributed by atoms with Gasteiger partial charge in [0.05, 0.1) is 11.8 Å². The molecule has 0 saturated carbocycles. The van der Waals surface area contributed by atoms with E-state index in [1.54, 1.807) is 18.5 Å². The predicted molar refractivity (Wildman–Crippen MR) is 68.3 cm³/mol. The van der Waals surface area contributed by atoms with Crippen LogP contribution >= 0.6 is 0 Å². The van der Waals surface area contributed by atoms with Crippen LogP contribution in [0.15, 0.2) is 24.5 Å². The minimum atomic E-state index is 0.489. The lowest BCUT2D eigenvalue weighted by Crippen LogP contribution is -2.13. The lowest BCUT2D eigenvalue weighted by Gasteiger charge is -2.11. The van der Waals surface area contributed by atoms with Crippen molar-refractivity contribution in [3.8, 4) is 11.6 Å². The second-order valence-electron chi connectivity index (χ2n) is 3.71. The van der Waals surface area contributed by atoms with Gasteiger partial charge in [0, 0.05) is 12.6 Å². The summed E-state index contributed by atoms with van der Waals surface area (Å²) in [4.78, 5) is 12.6. The molecule has 0 radical (unpaired) electrons. The first-order valence-electron chi connectivity index (χ1n) is 5.66. The largest absolute Gasteiger partial charge is 0.437 e. The highest BCUT2D eigenvalue weighted by molar-refractivity contribution is 5.48. The minimum Gasteiger partial charge on any atom is -0.437 e. The van der Waals surface area contributed by atoms with Crippen molar-refractivity contribution in [3.05, 3.63) is 35.9 Å². The van der Waals surface area contributed by atoms with Gasteiger partial charge in [0.1, 0.15) is 17.4 Å². The number of hydrogen-bond donors (Lipinski definition) is 2. The summed E-state index contributed by atoms with van der Waals surface area (Å²) in [5.74, 6) is 7.79. The molecule has 0 aliphatic carbocycles. The van der Waals surface area contributed by atoms with Gasteiger partial charge in [-0.25, -0.2) is 10.8 Å². The highest BCUT2D eigenvalue weighted by Gasteiger charge is 2.11. The number of aryl methyl sites for hydroxylation is 1.